The summed E-state index contributed by atoms with van der Waals surface area (Å²) in [5.41, 5.74) is 9.66. The first-order chi connectivity index (χ1) is 10.2. The summed E-state index contributed by atoms with van der Waals surface area (Å²) >= 11 is 0. The van der Waals surface area contributed by atoms with Crippen molar-refractivity contribution in [3.05, 3.63) is 36.0 Å². The van der Waals surface area contributed by atoms with Gasteiger partial charge in [-0.15, -0.1) is 0 Å². The van der Waals surface area contributed by atoms with Gasteiger partial charge < -0.3 is 10.2 Å². The molecule has 0 unspecified atom stereocenters. The van der Waals surface area contributed by atoms with Crippen molar-refractivity contribution in [1.82, 2.24) is 9.78 Å². The number of rotatable bonds is 5. The normalized spacial score (nSPS) is 11.3. The number of hydrogen-bond acceptors (Lipinski definition) is 3. The Labute approximate surface area is 124 Å². The zero-order valence-corrected chi connectivity index (χ0v) is 12.6. The number of aryl methyl sites for hydroxylation is 2. The number of nitrogens with two attached hydrogens (primary N) is 1. The predicted molar refractivity (Wildman–Crippen MR) is 86.1 cm³/mol. The number of furan rings is 1. The molecule has 0 spiro atoms. The number of fused-ring (bicyclic) bond motifs is 1. The third kappa shape index (κ3) is 2.42. The van der Waals surface area contributed by atoms with E-state index < -0.39 is 0 Å². The molecule has 0 amide bonds. The molecular weight excluding hydrogens is 262 g/mol. The van der Waals surface area contributed by atoms with Crippen molar-refractivity contribution in [3.8, 4) is 11.5 Å². The third-order valence-corrected chi connectivity index (χ3v) is 3.80. The fourth-order valence-electron chi connectivity index (χ4n) is 2.69. The van der Waals surface area contributed by atoms with Crippen LogP contribution in [0.15, 0.2) is 34.9 Å². The van der Waals surface area contributed by atoms with E-state index in [9.17, 15) is 0 Å². The van der Waals surface area contributed by atoms with Gasteiger partial charge in [0.25, 0.3) is 0 Å². The van der Waals surface area contributed by atoms with Crippen LogP contribution in [0.25, 0.3) is 22.4 Å². The Morgan fingerprint density at radius 2 is 2.05 bits per heavy atom. The highest BCUT2D eigenvalue weighted by Crippen LogP contribution is 2.35. The Kier molecular flexibility index (Phi) is 3.69. The van der Waals surface area contributed by atoms with E-state index in [1.165, 1.54) is 5.56 Å². The van der Waals surface area contributed by atoms with Gasteiger partial charge in [-0.25, -0.2) is 0 Å². The van der Waals surface area contributed by atoms with Crippen LogP contribution in [0.3, 0.4) is 0 Å². The number of aromatic nitrogens is 2. The fraction of sp³-hybridized carbons (Fsp3) is 0.353. The van der Waals surface area contributed by atoms with E-state index in [0.717, 1.165) is 48.2 Å². The SMILES string of the molecule is CCCCn1cc(N)c(-c2oc3ccccc3c2CC)n1. The molecule has 0 bridgehead atoms. The first-order valence-electron chi connectivity index (χ1n) is 7.58. The maximum Gasteiger partial charge on any atom is 0.160 e. The molecule has 0 saturated heterocycles. The number of unbranched alkanes of at least 4 members (excludes halogenated alkanes) is 1. The lowest BCUT2D eigenvalue weighted by Crippen LogP contribution is -1.98. The molecule has 4 heteroatoms. The van der Waals surface area contributed by atoms with Gasteiger partial charge in [0.05, 0.1) is 5.69 Å². The van der Waals surface area contributed by atoms with Gasteiger partial charge in [0.2, 0.25) is 0 Å². The van der Waals surface area contributed by atoms with Crippen molar-refractivity contribution in [2.24, 2.45) is 0 Å². The summed E-state index contributed by atoms with van der Waals surface area (Å²) in [5, 5.41) is 5.77. The van der Waals surface area contributed by atoms with Crippen LogP contribution < -0.4 is 5.73 Å². The van der Waals surface area contributed by atoms with Crippen molar-refractivity contribution in [2.45, 2.75) is 39.7 Å². The average Bonchev–Trinajstić information content (AvgIpc) is 3.04. The highest BCUT2D eigenvalue weighted by atomic mass is 16.3. The second-order valence-corrected chi connectivity index (χ2v) is 5.31. The van der Waals surface area contributed by atoms with E-state index in [-0.39, 0.29) is 0 Å². The first kappa shape index (κ1) is 13.7. The van der Waals surface area contributed by atoms with Crippen molar-refractivity contribution in [1.29, 1.82) is 0 Å². The topological polar surface area (TPSA) is 57.0 Å². The van der Waals surface area contributed by atoms with Gasteiger partial charge in [0.15, 0.2) is 11.5 Å². The molecule has 0 aliphatic carbocycles. The van der Waals surface area contributed by atoms with Gasteiger partial charge >= 0.3 is 0 Å². The number of hydrogen-bond donors (Lipinski definition) is 1. The number of benzene rings is 1. The van der Waals surface area contributed by atoms with E-state index in [1.54, 1.807) is 0 Å². The highest BCUT2D eigenvalue weighted by molar-refractivity contribution is 5.89. The smallest absolute Gasteiger partial charge is 0.160 e. The van der Waals surface area contributed by atoms with Crippen LogP contribution in [0.1, 0.15) is 32.3 Å². The van der Waals surface area contributed by atoms with Crippen LogP contribution in [-0.2, 0) is 13.0 Å². The molecule has 3 rings (SSSR count). The van der Waals surface area contributed by atoms with Gasteiger partial charge in [0, 0.05) is 23.7 Å². The Hall–Kier alpha value is -2.23. The number of nitrogens with zero attached hydrogens (tertiary/aromatic N) is 2. The van der Waals surface area contributed by atoms with Gasteiger partial charge in [-0.05, 0) is 18.9 Å². The second kappa shape index (κ2) is 5.64. The Morgan fingerprint density at radius 1 is 1.24 bits per heavy atom. The Balaban J connectivity index is 2.09. The summed E-state index contributed by atoms with van der Waals surface area (Å²) in [6, 6.07) is 8.09. The minimum atomic E-state index is 0.680. The monoisotopic (exact) mass is 283 g/mol. The van der Waals surface area contributed by atoms with Crippen molar-refractivity contribution in [3.63, 3.8) is 0 Å². The van der Waals surface area contributed by atoms with E-state index in [4.69, 9.17) is 10.2 Å². The maximum absolute atomic E-state index is 6.15. The van der Waals surface area contributed by atoms with Gasteiger partial charge in [0.1, 0.15) is 5.58 Å². The lowest BCUT2D eigenvalue weighted by molar-refractivity contribution is 0.567. The van der Waals surface area contributed by atoms with Crippen LogP contribution in [0.2, 0.25) is 0 Å². The molecular formula is C17H21N3O. The number of anilines is 1. The molecule has 0 fully saturated rings. The summed E-state index contributed by atoms with van der Waals surface area (Å²) in [6.07, 6.45) is 5.03. The zero-order chi connectivity index (χ0) is 14.8. The molecule has 3 aromatic rings. The lowest BCUT2D eigenvalue weighted by atomic mass is 10.1. The zero-order valence-electron chi connectivity index (χ0n) is 12.6. The molecule has 2 aromatic heterocycles. The van der Waals surface area contributed by atoms with E-state index >= 15 is 0 Å². The molecule has 2 N–H and O–H groups in total. The molecule has 0 saturated carbocycles. The average molecular weight is 283 g/mol. The standard InChI is InChI=1S/C17H21N3O/c1-3-5-10-20-11-14(18)16(19-20)17-12(4-2)13-8-6-7-9-15(13)21-17/h6-9,11H,3-5,10,18H2,1-2H3. The molecule has 0 atom stereocenters. The molecule has 110 valence electrons. The van der Waals surface area contributed by atoms with Crippen LogP contribution >= 0.6 is 0 Å². The van der Waals surface area contributed by atoms with Gasteiger partial charge in [-0.3, -0.25) is 4.68 Å². The van der Waals surface area contributed by atoms with Crippen molar-refractivity contribution < 1.29 is 4.42 Å². The summed E-state index contributed by atoms with van der Waals surface area (Å²) in [6.45, 7) is 5.19. The first-order valence-corrected chi connectivity index (χ1v) is 7.58. The summed E-state index contributed by atoms with van der Waals surface area (Å²) in [7, 11) is 0. The lowest BCUT2D eigenvalue weighted by Gasteiger charge is -1.99. The summed E-state index contributed by atoms with van der Waals surface area (Å²) in [4.78, 5) is 0. The Bertz CT molecular complexity index is 755. The van der Waals surface area contributed by atoms with Crippen LogP contribution in [0.5, 0.6) is 0 Å². The third-order valence-electron chi connectivity index (χ3n) is 3.80. The summed E-state index contributed by atoms with van der Waals surface area (Å²) < 4.78 is 7.94. The van der Waals surface area contributed by atoms with E-state index in [1.807, 2.05) is 29.1 Å². The van der Waals surface area contributed by atoms with Crippen molar-refractivity contribution in [2.75, 3.05) is 5.73 Å². The largest absolute Gasteiger partial charge is 0.454 e. The molecule has 4 nitrogen and oxygen atoms in total. The maximum atomic E-state index is 6.15. The highest BCUT2D eigenvalue weighted by Gasteiger charge is 2.19. The number of para-hydroxylation sites is 1. The molecule has 1 aromatic carbocycles. The Morgan fingerprint density at radius 3 is 2.81 bits per heavy atom. The van der Waals surface area contributed by atoms with Crippen LogP contribution in [0, 0.1) is 0 Å². The van der Waals surface area contributed by atoms with Crippen LogP contribution in [-0.4, -0.2) is 9.78 Å². The van der Waals surface area contributed by atoms with Crippen molar-refractivity contribution >= 4 is 16.7 Å². The number of nitrogen functional groups attached to an aromatic ring is 1. The molecule has 0 radical (unpaired) electrons. The minimum Gasteiger partial charge on any atom is -0.454 e. The fourth-order valence-corrected chi connectivity index (χ4v) is 2.69. The summed E-state index contributed by atoms with van der Waals surface area (Å²) in [5.74, 6) is 0.812. The predicted octanol–water partition coefficient (Wildman–Crippen LogP) is 4.24. The second-order valence-electron chi connectivity index (χ2n) is 5.31. The molecule has 21 heavy (non-hydrogen) atoms. The van der Waals surface area contributed by atoms with Gasteiger partial charge in [-0.1, -0.05) is 38.5 Å². The molecule has 0 aliphatic rings. The molecule has 2 heterocycles. The van der Waals surface area contributed by atoms with Gasteiger partial charge in [-0.2, -0.15) is 5.10 Å². The quantitative estimate of drug-likeness (QED) is 0.762. The minimum absolute atomic E-state index is 0.680. The van der Waals surface area contributed by atoms with Crippen LogP contribution in [0.4, 0.5) is 5.69 Å². The van der Waals surface area contributed by atoms with E-state index in [0.29, 0.717) is 5.69 Å². The van der Waals surface area contributed by atoms with E-state index in [2.05, 4.69) is 25.0 Å². The molecule has 0 aliphatic heterocycles.